The van der Waals surface area contributed by atoms with Gasteiger partial charge in [0.1, 0.15) is 0 Å². The van der Waals surface area contributed by atoms with Crippen molar-refractivity contribution < 1.29 is 0 Å². The van der Waals surface area contributed by atoms with Crippen molar-refractivity contribution in [3.05, 3.63) is 21.9 Å². The zero-order chi connectivity index (χ0) is 10.1. The molecule has 1 heterocycles. The number of thiophene rings is 1. The SMILES string of the molecule is Cc1ccc(C(N)C2CCCC2C)s1. The highest BCUT2D eigenvalue weighted by molar-refractivity contribution is 7.12. The minimum absolute atomic E-state index is 0.284. The van der Waals surface area contributed by atoms with Gasteiger partial charge in [-0.3, -0.25) is 0 Å². The van der Waals surface area contributed by atoms with Crippen molar-refractivity contribution in [3.8, 4) is 0 Å². The number of hydrogen-bond acceptors (Lipinski definition) is 2. The zero-order valence-electron chi connectivity index (χ0n) is 8.99. The Bertz CT molecular complexity index is 305. The predicted octanol–water partition coefficient (Wildman–Crippen LogP) is 3.49. The van der Waals surface area contributed by atoms with Gasteiger partial charge in [0.05, 0.1) is 0 Å². The summed E-state index contributed by atoms with van der Waals surface area (Å²) in [6.07, 6.45) is 4.05. The van der Waals surface area contributed by atoms with Crippen LogP contribution in [0.2, 0.25) is 0 Å². The topological polar surface area (TPSA) is 26.0 Å². The molecule has 0 aromatic carbocycles. The first-order valence-corrected chi connectivity index (χ1v) is 6.32. The molecule has 14 heavy (non-hydrogen) atoms. The summed E-state index contributed by atoms with van der Waals surface area (Å²) in [5.74, 6) is 1.53. The molecule has 1 nitrogen and oxygen atoms in total. The summed E-state index contributed by atoms with van der Waals surface area (Å²) in [7, 11) is 0. The van der Waals surface area contributed by atoms with E-state index in [1.54, 1.807) is 0 Å². The lowest BCUT2D eigenvalue weighted by molar-refractivity contribution is 0.354. The lowest BCUT2D eigenvalue weighted by Crippen LogP contribution is -2.22. The summed E-state index contributed by atoms with van der Waals surface area (Å²) in [6.45, 7) is 4.50. The number of aryl methyl sites for hydroxylation is 1. The van der Waals surface area contributed by atoms with Crippen LogP contribution in [0.4, 0.5) is 0 Å². The molecular weight excluding hydrogens is 190 g/mol. The van der Waals surface area contributed by atoms with E-state index in [-0.39, 0.29) is 6.04 Å². The van der Waals surface area contributed by atoms with E-state index in [9.17, 15) is 0 Å². The van der Waals surface area contributed by atoms with Crippen LogP contribution in [0.5, 0.6) is 0 Å². The largest absolute Gasteiger partial charge is 0.323 e. The maximum absolute atomic E-state index is 6.31. The van der Waals surface area contributed by atoms with Gasteiger partial charge in [-0.15, -0.1) is 11.3 Å². The number of nitrogens with two attached hydrogens (primary N) is 1. The van der Waals surface area contributed by atoms with Gasteiger partial charge in [-0.2, -0.15) is 0 Å². The van der Waals surface area contributed by atoms with Crippen molar-refractivity contribution in [3.63, 3.8) is 0 Å². The standard InChI is InChI=1S/C12H19NS/c1-8-4-3-5-10(8)12(13)11-7-6-9(2)14-11/h6-8,10,12H,3-5,13H2,1-2H3. The van der Waals surface area contributed by atoms with Crippen molar-refractivity contribution in [2.24, 2.45) is 17.6 Å². The molecule has 78 valence electrons. The molecule has 1 aromatic rings. The van der Waals surface area contributed by atoms with Crippen molar-refractivity contribution in [1.29, 1.82) is 0 Å². The van der Waals surface area contributed by atoms with E-state index in [0.717, 1.165) is 5.92 Å². The van der Waals surface area contributed by atoms with Crippen molar-refractivity contribution in [2.75, 3.05) is 0 Å². The first-order valence-electron chi connectivity index (χ1n) is 5.50. The van der Waals surface area contributed by atoms with Crippen LogP contribution in [0.3, 0.4) is 0 Å². The third-order valence-electron chi connectivity index (χ3n) is 3.48. The number of hydrogen-bond donors (Lipinski definition) is 1. The molecule has 1 aliphatic carbocycles. The summed E-state index contributed by atoms with van der Waals surface area (Å²) in [4.78, 5) is 2.75. The Morgan fingerprint density at radius 3 is 2.71 bits per heavy atom. The molecule has 2 rings (SSSR count). The van der Waals surface area contributed by atoms with E-state index in [1.165, 1.54) is 29.0 Å². The molecule has 0 bridgehead atoms. The molecule has 3 unspecified atom stereocenters. The molecule has 1 aromatic heterocycles. The van der Waals surface area contributed by atoms with Gasteiger partial charge in [0, 0.05) is 15.8 Å². The Kier molecular flexibility index (Phi) is 2.93. The normalized spacial score (nSPS) is 29.4. The van der Waals surface area contributed by atoms with Crippen LogP contribution in [0.25, 0.3) is 0 Å². The fourth-order valence-corrected chi connectivity index (χ4v) is 3.51. The molecule has 0 saturated heterocycles. The van der Waals surface area contributed by atoms with Gasteiger partial charge < -0.3 is 5.73 Å². The lowest BCUT2D eigenvalue weighted by Gasteiger charge is -2.22. The Morgan fingerprint density at radius 2 is 2.21 bits per heavy atom. The van der Waals surface area contributed by atoms with Crippen LogP contribution < -0.4 is 5.73 Å². The third-order valence-corrected chi connectivity index (χ3v) is 4.58. The molecule has 2 heteroatoms. The molecule has 0 aliphatic heterocycles. The Hall–Kier alpha value is -0.340. The average Bonchev–Trinajstić information content (AvgIpc) is 2.73. The highest BCUT2D eigenvalue weighted by Crippen LogP contribution is 2.40. The van der Waals surface area contributed by atoms with Crippen molar-refractivity contribution >= 4 is 11.3 Å². The molecule has 0 radical (unpaired) electrons. The molecule has 0 amide bonds. The molecule has 1 aliphatic rings. The monoisotopic (exact) mass is 209 g/mol. The van der Waals surface area contributed by atoms with Gasteiger partial charge in [0.15, 0.2) is 0 Å². The van der Waals surface area contributed by atoms with Crippen LogP contribution in [-0.2, 0) is 0 Å². The van der Waals surface area contributed by atoms with E-state index in [4.69, 9.17) is 5.73 Å². The Labute approximate surface area is 90.3 Å². The Morgan fingerprint density at radius 1 is 1.43 bits per heavy atom. The summed E-state index contributed by atoms with van der Waals surface area (Å²) in [5, 5.41) is 0. The van der Waals surface area contributed by atoms with E-state index in [1.807, 2.05) is 11.3 Å². The fourth-order valence-electron chi connectivity index (χ4n) is 2.55. The molecule has 1 fully saturated rings. The summed E-state index contributed by atoms with van der Waals surface area (Å²) < 4.78 is 0. The van der Waals surface area contributed by atoms with Crippen LogP contribution in [0.15, 0.2) is 12.1 Å². The van der Waals surface area contributed by atoms with E-state index in [2.05, 4.69) is 26.0 Å². The van der Waals surface area contributed by atoms with Gasteiger partial charge in [-0.25, -0.2) is 0 Å². The summed E-state index contributed by atoms with van der Waals surface area (Å²) in [6, 6.07) is 4.67. The maximum Gasteiger partial charge on any atom is 0.0421 e. The summed E-state index contributed by atoms with van der Waals surface area (Å²) >= 11 is 1.86. The second-order valence-corrected chi connectivity index (χ2v) is 5.87. The highest BCUT2D eigenvalue weighted by Gasteiger charge is 2.30. The fraction of sp³-hybridized carbons (Fsp3) is 0.667. The van der Waals surface area contributed by atoms with Gasteiger partial charge in [0.2, 0.25) is 0 Å². The molecule has 2 N–H and O–H groups in total. The molecule has 3 atom stereocenters. The molecular formula is C12H19NS. The first kappa shape index (κ1) is 10.2. The van der Waals surface area contributed by atoms with Gasteiger partial charge >= 0.3 is 0 Å². The van der Waals surface area contributed by atoms with E-state index < -0.39 is 0 Å². The maximum atomic E-state index is 6.31. The minimum atomic E-state index is 0.284. The quantitative estimate of drug-likeness (QED) is 0.792. The summed E-state index contributed by atoms with van der Waals surface area (Å²) in [5.41, 5.74) is 6.31. The van der Waals surface area contributed by atoms with Crippen LogP contribution >= 0.6 is 11.3 Å². The average molecular weight is 209 g/mol. The smallest absolute Gasteiger partial charge is 0.0421 e. The molecule has 1 saturated carbocycles. The van der Waals surface area contributed by atoms with E-state index >= 15 is 0 Å². The van der Waals surface area contributed by atoms with Crippen LogP contribution in [0.1, 0.15) is 42.0 Å². The third kappa shape index (κ3) is 1.86. The number of rotatable bonds is 2. The van der Waals surface area contributed by atoms with Crippen LogP contribution in [0, 0.1) is 18.8 Å². The van der Waals surface area contributed by atoms with E-state index in [0.29, 0.717) is 5.92 Å². The zero-order valence-corrected chi connectivity index (χ0v) is 9.81. The second kappa shape index (κ2) is 4.03. The van der Waals surface area contributed by atoms with Crippen LogP contribution in [-0.4, -0.2) is 0 Å². The predicted molar refractivity (Wildman–Crippen MR) is 62.5 cm³/mol. The first-order chi connectivity index (χ1) is 6.68. The highest BCUT2D eigenvalue weighted by atomic mass is 32.1. The second-order valence-electron chi connectivity index (χ2n) is 4.55. The van der Waals surface area contributed by atoms with Gasteiger partial charge in [-0.1, -0.05) is 19.8 Å². The van der Waals surface area contributed by atoms with Crippen molar-refractivity contribution in [2.45, 2.75) is 39.2 Å². The van der Waals surface area contributed by atoms with Gasteiger partial charge in [-0.05, 0) is 37.3 Å². The Balaban J connectivity index is 2.11. The van der Waals surface area contributed by atoms with Crippen molar-refractivity contribution in [1.82, 2.24) is 0 Å². The lowest BCUT2D eigenvalue weighted by atomic mass is 9.90. The minimum Gasteiger partial charge on any atom is -0.323 e. The van der Waals surface area contributed by atoms with Gasteiger partial charge in [0.25, 0.3) is 0 Å². The molecule has 0 spiro atoms.